The SMILES string of the molecule is CC.CC.CC.CC1SC(=O)NC1=O. The molecule has 4 heteroatoms. The Morgan fingerprint density at radius 3 is 1.43 bits per heavy atom. The molecule has 14 heavy (non-hydrogen) atoms. The Kier molecular flexibility index (Phi) is 20.5. The minimum absolute atomic E-state index is 0.181. The molecule has 1 unspecified atom stereocenters. The summed E-state index contributed by atoms with van der Waals surface area (Å²) in [7, 11) is 0. The summed E-state index contributed by atoms with van der Waals surface area (Å²) in [5.41, 5.74) is 0. The Bertz CT molecular complexity index is 149. The number of carbonyl (C=O) groups is 2. The van der Waals surface area contributed by atoms with Crippen LogP contribution in [0.2, 0.25) is 0 Å². The van der Waals surface area contributed by atoms with Crippen LogP contribution in [0.4, 0.5) is 4.79 Å². The van der Waals surface area contributed by atoms with Gasteiger partial charge in [0.2, 0.25) is 5.91 Å². The van der Waals surface area contributed by atoms with E-state index in [1.165, 1.54) is 0 Å². The Morgan fingerprint density at radius 1 is 1.00 bits per heavy atom. The molecule has 1 N–H and O–H groups in total. The summed E-state index contributed by atoms with van der Waals surface area (Å²) >= 11 is 1.03. The lowest BCUT2D eigenvalue weighted by molar-refractivity contribution is -0.118. The summed E-state index contributed by atoms with van der Waals surface area (Å²) in [5.74, 6) is -0.181. The van der Waals surface area contributed by atoms with Crippen LogP contribution in [0.5, 0.6) is 0 Å². The normalized spacial score (nSPS) is 17.5. The fourth-order valence-corrected chi connectivity index (χ4v) is 1.09. The highest BCUT2D eigenvalue weighted by Gasteiger charge is 2.26. The highest BCUT2D eigenvalue weighted by atomic mass is 32.2. The second kappa shape index (κ2) is 15.0. The van der Waals surface area contributed by atoms with E-state index in [1.807, 2.05) is 41.5 Å². The first-order valence-corrected chi connectivity index (χ1v) is 6.09. The molecule has 0 aliphatic carbocycles. The third-order valence-electron chi connectivity index (χ3n) is 0.878. The number of hydrogen-bond acceptors (Lipinski definition) is 3. The van der Waals surface area contributed by atoms with Gasteiger partial charge in [-0.25, -0.2) is 0 Å². The molecule has 1 fully saturated rings. The van der Waals surface area contributed by atoms with E-state index in [1.54, 1.807) is 6.92 Å². The van der Waals surface area contributed by atoms with Gasteiger partial charge in [-0.05, 0) is 6.92 Å². The molecular weight excluding hydrogens is 198 g/mol. The Labute approximate surface area is 92.0 Å². The Balaban J connectivity index is -0.000000174. The van der Waals surface area contributed by atoms with Gasteiger partial charge >= 0.3 is 0 Å². The van der Waals surface area contributed by atoms with E-state index >= 15 is 0 Å². The van der Waals surface area contributed by atoms with E-state index in [0.717, 1.165) is 11.8 Å². The number of carbonyl (C=O) groups excluding carboxylic acids is 2. The highest BCUT2D eigenvalue weighted by Crippen LogP contribution is 2.16. The number of nitrogens with one attached hydrogen (secondary N) is 1. The van der Waals surface area contributed by atoms with Crippen molar-refractivity contribution in [2.75, 3.05) is 0 Å². The molecule has 1 rings (SSSR count). The molecule has 1 aliphatic heterocycles. The van der Waals surface area contributed by atoms with Crippen molar-refractivity contribution in [1.29, 1.82) is 0 Å². The fraction of sp³-hybridized carbons (Fsp3) is 0.800. The molecule has 1 aliphatic rings. The fourth-order valence-electron chi connectivity index (χ4n) is 0.446. The van der Waals surface area contributed by atoms with Crippen LogP contribution >= 0.6 is 11.8 Å². The number of amides is 2. The van der Waals surface area contributed by atoms with Gasteiger partial charge in [-0.3, -0.25) is 14.9 Å². The third kappa shape index (κ3) is 9.58. The summed E-state index contributed by atoms with van der Waals surface area (Å²) in [5, 5.41) is 1.73. The van der Waals surface area contributed by atoms with Crippen molar-refractivity contribution in [1.82, 2.24) is 5.32 Å². The van der Waals surface area contributed by atoms with Gasteiger partial charge in [-0.2, -0.15) is 0 Å². The second-order valence-corrected chi connectivity index (χ2v) is 2.85. The molecule has 0 spiro atoms. The number of hydrogen-bond donors (Lipinski definition) is 1. The van der Waals surface area contributed by atoms with Crippen molar-refractivity contribution in [3.05, 3.63) is 0 Å². The third-order valence-corrected chi connectivity index (χ3v) is 1.76. The van der Waals surface area contributed by atoms with Crippen molar-refractivity contribution in [3.8, 4) is 0 Å². The Hall–Kier alpha value is -0.510. The average Bonchev–Trinajstić information content (AvgIpc) is 2.53. The second-order valence-electron chi connectivity index (χ2n) is 1.54. The van der Waals surface area contributed by atoms with Crippen LogP contribution in [0.25, 0.3) is 0 Å². The molecule has 0 radical (unpaired) electrons. The van der Waals surface area contributed by atoms with Crippen molar-refractivity contribution in [2.24, 2.45) is 0 Å². The van der Waals surface area contributed by atoms with Gasteiger partial charge in [0, 0.05) is 0 Å². The molecule has 1 atom stereocenters. The zero-order valence-electron chi connectivity index (χ0n) is 10.3. The van der Waals surface area contributed by atoms with E-state index in [0.29, 0.717) is 0 Å². The first-order valence-electron chi connectivity index (χ1n) is 5.21. The Morgan fingerprint density at radius 2 is 1.36 bits per heavy atom. The predicted octanol–water partition coefficient (Wildman–Crippen LogP) is 3.44. The van der Waals surface area contributed by atoms with Gasteiger partial charge in [0.15, 0.2) is 0 Å². The molecule has 0 saturated carbocycles. The minimum Gasteiger partial charge on any atom is -0.286 e. The van der Waals surface area contributed by atoms with Gasteiger partial charge in [-0.1, -0.05) is 53.3 Å². The summed E-state index contributed by atoms with van der Waals surface area (Å²) in [6.07, 6.45) is 0. The lowest BCUT2D eigenvalue weighted by atomic mass is 10.5. The first kappa shape index (κ1) is 19.1. The molecule has 0 aromatic heterocycles. The van der Waals surface area contributed by atoms with E-state index in [9.17, 15) is 9.59 Å². The van der Waals surface area contributed by atoms with E-state index in [2.05, 4.69) is 5.32 Å². The summed E-state index contributed by atoms with van der Waals surface area (Å²) < 4.78 is 0. The monoisotopic (exact) mass is 221 g/mol. The van der Waals surface area contributed by atoms with Crippen molar-refractivity contribution >= 4 is 22.9 Å². The maximum atomic E-state index is 10.4. The molecule has 1 saturated heterocycles. The van der Waals surface area contributed by atoms with Crippen LogP contribution < -0.4 is 5.32 Å². The van der Waals surface area contributed by atoms with Gasteiger partial charge in [0.05, 0.1) is 5.25 Å². The molecule has 2 amide bonds. The zero-order valence-corrected chi connectivity index (χ0v) is 11.1. The topological polar surface area (TPSA) is 46.2 Å². The summed E-state index contributed by atoms with van der Waals surface area (Å²) in [4.78, 5) is 20.7. The molecule has 0 aromatic carbocycles. The summed E-state index contributed by atoms with van der Waals surface area (Å²) in [6.45, 7) is 13.7. The lowest BCUT2D eigenvalue weighted by Gasteiger charge is -1.87. The van der Waals surface area contributed by atoms with E-state index in [-0.39, 0.29) is 16.4 Å². The van der Waals surface area contributed by atoms with Crippen molar-refractivity contribution in [2.45, 2.75) is 53.7 Å². The number of imide groups is 1. The zero-order chi connectivity index (χ0) is 12.1. The van der Waals surface area contributed by atoms with E-state index in [4.69, 9.17) is 0 Å². The highest BCUT2D eigenvalue weighted by molar-refractivity contribution is 8.15. The number of rotatable bonds is 0. The van der Waals surface area contributed by atoms with Crippen LogP contribution in [-0.2, 0) is 4.79 Å². The molecule has 0 aromatic rings. The predicted molar refractivity (Wildman–Crippen MR) is 64.6 cm³/mol. The minimum atomic E-state index is -0.234. The number of thioether (sulfide) groups is 1. The van der Waals surface area contributed by atoms with Gasteiger partial charge < -0.3 is 0 Å². The lowest BCUT2D eigenvalue weighted by Crippen LogP contribution is -2.22. The molecule has 0 bridgehead atoms. The summed E-state index contributed by atoms with van der Waals surface area (Å²) in [6, 6.07) is 0. The van der Waals surface area contributed by atoms with Gasteiger partial charge in [-0.15, -0.1) is 0 Å². The van der Waals surface area contributed by atoms with Crippen molar-refractivity contribution in [3.63, 3.8) is 0 Å². The molecule has 1 heterocycles. The maximum absolute atomic E-state index is 10.4. The average molecular weight is 221 g/mol. The van der Waals surface area contributed by atoms with Crippen LogP contribution in [0.15, 0.2) is 0 Å². The first-order chi connectivity index (χ1) is 6.70. The largest absolute Gasteiger partial charge is 0.286 e. The maximum Gasteiger partial charge on any atom is 0.286 e. The van der Waals surface area contributed by atoms with Crippen LogP contribution in [-0.4, -0.2) is 16.4 Å². The van der Waals surface area contributed by atoms with Crippen LogP contribution in [0.3, 0.4) is 0 Å². The van der Waals surface area contributed by atoms with Crippen LogP contribution in [0, 0.1) is 0 Å². The van der Waals surface area contributed by atoms with Gasteiger partial charge in [0.25, 0.3) is 5.24 Å². The molecule has 3 nitrogen and oxygen atoms in total. The van der Waals surface area contributed by atoms with E-state index < -0.39 is 0 Å². The van der Waals surface area contributed by atoms with Crippen molar-refractivity contribution < 1.29 is 9.59 Å². The quantitative estimate of drug-likeness (QED) is 0.681. The van der Waals surface area contributed by atoms with Crippen LogP contribution in [0.1, 0.15) is 48.5 Å². The van der Waals surface area contributed by atoms with Gasteiger partial charge in [0.1, 0.15) is 0 Å². The molecule has 86 valence electrons. The molecular formula is C10H23NO2S. The standard InChI is InChI=1S/C4H5NO2S.3C2H6/c1-2-3(6)5-4(7)8-2;3*1-2/h2H,1H3,(H,5,6,7);3*1-2H3. The smallest absolute Gasteiger partial charge is 0.286 e.